The number of carbonyl (C=O) groups is 1. The summed E-state index contributed by atoms with van der Waals surface area (Å²) < 4.78 is 20.3. The number of amides is 1. The van der Waals surface area contributed by atoms with Crippen LogP contribution in [0.25, 0.3) is 10.2 Å². The van der Waals surface area contributed by atoms with Gasteiger partial charge in [0.1, 0.15) is 10.6 Å². The second-order valence-electron chi connectivity index (χ2n) is 7.32. The lowest BCUT2D eigenvalue weighted by Crippen LogP contribution is -2.43. The third kappa shape index (κ3) is 4.00. The van der Waals surface area contributed by atoms with E-state index in [2.05, 4.69) is 15.2 Å². The van der Waals surface area contributed by atoms with Crippen molar-refractivity contribution in [3.8, 4) is 0 Å². The van der Waals surface area contributed by atoms with Gasteiger partial charge in [-0.15, -0.1) is 11.3 Å². The minimum absolute atomic E-state index is 0.0980. The van der Waals surface area contributed by atoms with Gasteiger partial charge in [-0.3, -0.25) is 14.5 Å². The summed E-state index contributed by atoms with van der Waals surface area (Å²) in [4.78, 5) is 32.9. The molecule has 30 heavy (non-hydrogen) atoms. The standard InChI is InChI=1S/C21H23FN4O3S/c1-13-17-20(24-12-25(2)21(17)28)30-18(13)19(27)23-11-16(26-7-9-29-10-8-26)14-3-5-15(22)6-4-14/h3-6,12,16H,7-11H2,1-2H3,(H,23,27)/t16-/m1/s1. The number of aromatic nitrogens is 2. The van der Waals surface area contributed by atoms with Crippen LogP contribution in [0.1, 0.15) is 26.8 Å². The van der Waals surface area contributed by atoms with Gasteiger partial charge in [-0.2, -0.15) is 0 Å². The zero-order valence-corrected chi connectivity index (χ0v) is 17.7. The predicted molar refractivity (Wildman–Crippen MR) is 113 cm³/mol. The number of thiophene rings is 1. The fourth-order valence-corrected chi connectivity index (χ4v) is 4.78. The number of nitrogens with one attached hydrogen (secondary N) is 1. The number of benzene rings is 1. The molecule has 1 saturated heterocycles. The zero-order chi connectivity index (χ0) is 21.3. The Balaban J connectivity index is 1.57. The van der Waals surface area contributed by atoms with Crippen LogP contribution >= 0.6 is 11.3 Å². The summed E-state index contributed by atoms with van der Waals surface area (Å²) >= 11 is 1.22. The van der Waals surface area contributed by atoms with Crippen LogP contribution in [-0.2, 0) is 11.8 Å². The number of aryl methyl sites for hydroxylation is 2. The normalized spacial score (nSPS) is 16.0. The van der Waals surface area contributed by atoms with Crippen LogP contribution in [0.15, 0.2) is 35.4 Å². The molecule has 3 aromatic rings. The number of morpholine rings is 1. The fraction of sp³-hybridized carbons (Fsp3) is 0.381. The molecule has 158 valence electrons. The van der Waals surface area contributed by atoms with Gasteiger partial charge < -0.3 is 14.6 Å². The Morgan fingerprint density at radius 2 is 2.00 bits per heavy atom. The van der Waals surface area contributed by atoms with Crippen molar-refractivity contribution in [1.29, 1.82) is 0 Å². The highest BCUT2D eigenvalue weighted by Gasteiger charge is 2.25. The highest BCUT2D eigenvalue weighted by atomic mass is 32.1. The number of carbonyl (C=O) groups excluding carboxylic acids is 1. The average molecular weight is 431 g/mol. The third-order valence-corrected chi connectivity index (χ3v) is 6.61. The summed E-state index contributed by atoms with van der Waals surface area (Å²) in [6.45, 7) is 4.85. The summed E-state index contributed by atoms with van der Waals surface area (Å²) in [5, 5.41) is 3.49. The molecule has 0 unspecified atom stereocenters. The highest BCUT2D eigenvalue weighted by molar-refractivity contribution is 7.20. The molecular weight excluding hydrogens is 407 g/mol. The molecule has 1 amide bonds. The van der Waals surface area contributed by atoms with Crippen molar-refractivity contribution in [2.24, 2.45) is 7.05 Å². The molecule has 0 bridgehead atoms. The molecule has 1 N–H and O–H groups in total. The summed E-state index contributed by atoms with van der Waals surface area (Å²) in [5.41, 5.74) is 1.42. The van der Waals surface area contributed by atoms with Gasteiger partial charge in [0.05, 0.1) is 35.8 Å². The number of hydrogen-bond acceptors (Lipinski definition) is 6. The molecule has 1 aromatic carbocycles. The number of halogens is 1. The van der Waals surface area contributed by atoms with Crippen molar-refractivity contribution in [3.05, 3.63) is 62.8 Å². The van der Waals surface area contributed by atoms with Gasteiger partial charge >= 0.3 is 0 Å². The Labute approximate surface area is 177 Å². The monoisotopic (exact) mass is 430 g/mol. The highest BCUT2D eigenvalue weighted by Crippen LogP contribution is 2.27. The first-order chi connectivity index (χ1) is 14.5. The third-order valence-electron chi connectivity index (χ3n) is 5.41. The van der Waals surface area contributed by atoms with Crippen LogP contribution < -0.4 is 10.9 Å². The Bertz CT molecular complexity index is 1120. The zero-order valence-electron chi connectivity index (χ0n) is 16.9. The first kappa shape index (κ1) is 20.6. The van der Waals surface area contributed by atoms with Crippen LogP contribution in [0, 0.1) is 12.7 Å². The van der Waals surface area contributed by atoms with E-state index in [-0.39, 0.29) is 23.3 Å². The van der Waals surface area contributed by atoms with E-state index in [4.69, 9.17) is 4.74 Å². The van der Waals surface area contributed by atoms with Crippen molar-refractivity contribution < 1.29 is 13.9 Å². The summed E-state index contributed by atoms with van der Waals surface area (Å²) in [6.07, 6.45) is 1.46. The van der Waals surface area contributed by atoms with Gasteiger partial charge in [-0.25, -0.2) is 9.37 Å². The fourth-order valence-electron chi connectivity index (χ4n) is 3.73. The van der Waals surface area contributed by atoms with Gasteiger partial charge in [0.25, 0.3) is 11.5 Å². The molecular formula is C21H23FN4O3S. The van der Waals surface area contributed by atoms with Crippen molar-refractivity contribution in [2.45, 2.75) is 13.0 Å². The largest absolute Gasteiger partial charge is 0.379 e. The van der Waals surface area contributed by atoms with Gasteiger partial charge in [-0.05, 0) is 30.2 Å². The number of rotatable bonds is 5. The van der Waals surface area contributed by atoms with Gasteiger partial charge in [-0.1, -0.05) is 12.1 Å². The first-order valence-electron chi connectivity index (χ1n) is 9.76. The Hall–Kier alpha value is -2.62. The molecule has 3 heterocycles. The molecule has 0 saturated carbocycles. The number of fused-ring (bicyclic) bond motifs is 1. The topological polar surface area (TPSA) is 76.5 Å². The molecule has 0 spiro atoms. The van der Waals surface area contributed by atoms with Crippen LogP contribution in [-0.4, -0.2) is 53.2 Å². The van der Waals surface area contributed by atoms with Crippen molar-refractivity contribution >= 4 is 27.5 Å². The average Bonchev–Trinajstić information content (AvgIpc) is 3.10. The summed E-state index contributed by atoms with van der Waals surface area (Å²) in [7, 11) is 1.64. The van der Waals surface area contributed by atoms with Crippen LogP contribution in [0.2, 0.25) is 0 Å². The minimum Gasteiger partial charge on any atom is -0.379 e. The summed E-state index contributed by atoms with van der Waals surface area (Å²) in [6, 6.07) is 6.27. The lowest BCUT2D eigenvalue weighted by molar-refractivity contribution is 0.0162. The van der Waals surface area contributed by atoms with Crippen LogP contribution in [0.3, 0.4) is 0 Å². The lowest BCUT2D eigenvalue weighted by Gasteiger charge is -2.35. The number of hydrogen-bond donors (Lipinski definition) is 1. The van der Waals surface area contributed by atoms with E-state index in [0.29, 0.717) is 40.4 Å². The molecule has 1 atom stereocenters. The summed E-state index contributed by atoms with van der Waals surface area (Å²) in [5.74, 6) is -0.531. The van der Waals surface area contributed by atoms with E-state index in [9.17, 15) is 14.0 Å². The molecule has 1 aliphatic heterocycles. The molecule has 1 fully saturated rings. The minimum atomic E-state index is -0.293. The molecule has 0 radical (unpaired) electrons. The lowest BCUT2D eigenvalue weighted by atomic mass is 10.0. The van der Waals surface area contributed by atoms with Crippen molar-refractivity contribution in [2.75, 3.05) is 32.8 Å². The Morgan fingerprint density at radius 3 is 2.70 bits per heavy atom. The SMILES string of the molecule is Cc1c(C(=O)NC[C@H](c2ccc(F)cc2)N2CCOCC2)sc2ncn(C)c(=O)c12. The molecule has 7 nitrogen and oxygen atoms in total. The van der Waals surface area contributed by atoms with Gasteiger partial charge in [0, 0.05) is 26.7 Å². The maximum absolute atomic E-state index is 13.4. The molecule has 2 aromatic heterocycles. The van der Waals surface area contributed by atoms with E-state index in [1.807, 2.05) is 0 Å². The number of nitrogens with zero attached hydrogens (tertiary/aromatic N) is 3. The molecule has 9 heteroatoms. The van der Waals surface area contributed by atoms with E-state index in [0.717, 1.165) is 18.7 Å². The van der Waals surface area contributed by atoms with Crippen LogP contribution in [0.4, 0.5) is 4.39 Å². The van der Waals surface area contributed by atoms with E-state index in [1.165, 1.54) is 34.4 Å². The maximum Gasteiger partial charge on any atom is 0.262 e. The smallest absolute Gasteiger partial charge is 0.262 e. The second-order valence-corrected chi connectivity index (χ2v) is 8.32. The second kappa shape index (κ2) is 8.63. The first-order valence-corrected chi connectivity index (χ1v) is 10.6. The van der Waals surface area contributed by atoms with Gasteiger partial charge in [0.15, 0.2) is 0 Å². The maximum atomic E-state index is 13.4. The quantitative estimate of drug-likeness (QED) is 0.672. The molecule has 4 rings (SSSR count). The molecule has 1 aliphatic rings. The van der Waals surface area contributed by atoms with Crippen LogP contribution in [0.5, 0.6) is 0 Å². The van der Waals surface area contributed by atoms with Crippen molar-refractivity contribution in [1.82, 2.24) is 19.8 Å². The Morgan fingerprint density at radius 1 is 1.30 bits per heavy atom. The molecule has 0 aliphatic carbocycles. The van der Waals surface area contributed by atoms with Crippen molar-refractivity contribution in [3.63, 3.8) is 0 Å². The van der Waals surface area contributed by atoms with E-state index < -0.39 is 0 Å². The number of ether oxygens (including phenoxy) is 1. The van der Waals surface area contributed by atoms with Gasteiger partial charge in [0.2, 0.25) is 0 Å². The van der Waals surface area contributed by atoms with E-state index in [1.54, 1.807) is 26.1 Å². The Kier molecular flexibility index (Phi) is 5.94. The predicted octanol–water partition coefficient (Wildman–Crippen LogP) is 2.25. The van der Waals surface area contributed by atoms with E-state index >= 15 is 0 Å².